The smallest absolute Gasteiger partial charge is 0.305 e. The van der Waals surface area contributed by atoms with Crippen molar-refractivity contribution < 1.29 is 19.4 Å². The molecule has 2 N–H and O–H groups in total. The number of carboxylic acid groups (broad SMARTS) is 1. The second kappa shape index (κ2) is 6.29. The Labute approximate surface area is 115 Å². The molecule has 1 aliphatic heterocycles. The van der Waals surface area contributed by atoms with Crippen molar-refractivity contribution in [2.45, 2.75) is 12.5 Å². The maximum absolute atomic E-state index is 11.4. The van der Waals surface area contributed by atoms with E-state index in [1.165, 1.54) is 7.05 Å². The zero-order valence-corrected chi connectivity index (χ0v) is 11.1. The molecular formula is C12H16N4O4. The van der Waals surface area contributed by atoms with Gasteiger partial charge < -0.3 is 20.1 Å². The summed E-state index contributed by atoms with van der Waals surface area (Å²) >= 11 is 0. The third kappa shape index (κ3) is 3.21. The van der Waals surface area contributed by atoms with Crippen LogP contribution in [0.4, 0.5) is 5.82 Å². The summed E-state index contributed by atoms with van der Waals surface area (Å²) in [5.41, 5.74) is 0.222. The Kier molecular flexibility index (Phi) is 4.46. The third-order valence-corrected chi connectivity index (χ3v) is 3.04. The van der Waals surface area contributed by atoms with Crippen LogP contribution in [0.2, 0.25) is 0 Å². The molecule has 0 aromatic carbocycles. The highest BCUT2D eigenvalue weighted by Gasteiger charge is 2.26. The molecule has 0 saturated carbocycles. The van der Waals surface area contributed by atoms with Crippen molar-refractivity contribution in [3.05, 3.63) is 17.8 Å². The maximum atomic E-state index is 11.4. The number of carbonyl (C=O) groups excluding carboxylic acids is 1. The van der Waals surface area contributed by atoms with Crippen LogP contribution in [-0.2, 0) is 9.53 Å². The summed E-state index contributed by atoms with van der Waals surface area (Å²) in [5.74, 6) is -0.652. The van der Waals surface area contributed by atoms with Crippen molar-refractivity contribution in [1.29, 1.82) is 0 Å². The molecule has 2 heterocycles. The first kappa shape index (κ1) is 14.2. The summed E-state index contributed by atoms with van der Waals surface area (Å²) in [6.45, 7) is 1.39. The molecule has 20 heavy (non-hydrogen) atoms. The molecule has 0 bridgehead atoms. The van der Waals surface area contributed by atoms with E-state index in [-0.39, 0.29) is 24.1 Å². The monoisotopic (exact) mass is 280 g/mol. The Hall–Kier alpha value is -2.22. The number of ether oxygens (including phenoxy) is 1. The fourth-order valence-corrected chi connectivity index (χ4v) is 2.05. The van der Waals surface area contributed by atoms with Gasteiger partial charge in [-0.2, -0.15) is 0 Å². The lowest BCUT2D eigenvalue weighted by molar-refractivity contribution is -0.138. The summed E-state index contributed by atoms with van der Waals surface area (Å²) in [6.07, 6.45) is -0.0289. The van der Waals surface area contributed by atoms with Gasteiger partial charge in [0.05, 0.1) is 25.7 Å². The van der Waals surface area contributed by atoms with Gasteiger partial charge in [-0.1, -0.05) is 0 Å². The van der Waals surface area contributed by atoms with Crippen LogP contribution in [0.1, 0.15) is 16.9 Å². The average Bonchev–Trinajstić information content (AvgIpc) is 2.46. The highest BCUT2D eigenvalue weighted by atomic mass is 16.5. The number of amides is 1. The molecule has 1 unspecified atom stereocenters. The zero-order chi connectivity index (χ0) is 14.5. The summed E-state index contributed by atoms with van der Waals surface area (Å²) in [7, 11) is 1.52. The second-order valence-electron chi connectivity index (χ2n) is 4.38. The van der Waals surface area contributed by atoms with Crippen LogP contribution in [-0.4, -0.2) is 60.0 Å². The number of aliphatic carboxylic acids is 1. The average molecular weight is 280 g/mol. The molecule has 1 fully saturated rings. The molecule has 1 aromatic rings. The van der Waals surface area contributed by atoms with Crippen LogP contribution in [0, 0.1) is 0 Å². The summed E-state index contributed by atoms with van der Waals surface area (Å²) in [4.78, 5) is 24.1. The van der Waals surface area contributed by atoms with E-state index in [2.05, 4.69) is 15.5 Å². The van der Waals surface area contributed by atoms with E-state index >= 15 is 0 Å². The van der Waals surface area contributed by atoms with Gasteiger partial charge in [-0.3, -0.25) is 9.59 Å². The first-order valence-corrected chi connectivity index (χ1v) is 6.24. The maximum Gasteiger partial charge on any atom is 0.305 e. The highest BCUT2D eigenvalue weighted by Crippen LogP contribution is 2.18. The number of nitrogens with zero attached hydrogens (tertiary/aromatic N) is 3. The second-order valence-corrected chi connectivity index (χ2v) is 4.38. The van der Waals surface area contributed by atoms with Gasteiger partial charge >= 0.3 is 5.97 Å². The highest BCUT2D eigenvalue weighted by molar-refractivity contribution is 5.91. The van der Waals surface area contributed by atoms with Crippen molar-refractivity contribution in [2.24, 2.45) is 0 Å². The molecule has 1 saturated heterocycles. The topological polar surface area (TPSA) is 105 Å². The number of carbonyl (C=O) groups is 2. The lowest BCUT2D eigenvalue weighted by Crippen LogP contribution is -2.47. The SMILES string of the molecule is CNC(=O)c1ccc(N2CCOCC2CC(=O)O)nn1. The van der Waals surface area contributed by atoms with Gasteiger partial charge in [-0.05, 0) is 12.1 Å². The minimum Gasteiger partial charge on any atom is -0.481 e. The van der Waals surface area contributed by atoms with E-state index in [1.807, 2.05) is 4.90 Å². The quantitative estimate of drug-likeness (QED) is 0.767. The molecule has 0 spiro atoms. The van der Waals surface area contributed by atoms with Gasteiger partial charge in [0.2, 0.25) is 0 Å². The molecule has 1 amide bonds. The Bertz CT molecular complexity index is 491. The van der Waals surface area contributed by atoms with Crippen LogP contribution in [0.3, 0.4) is 0 Å². The molecule has 1 atom stereocenters. The predicted molar refractivity (Wildman–Crippen MR) is 69.6 cm³/mol. The van der Waals surface area contributed by atoms with Gasteiger partial charge in [-0.15, -0.1) is 10.2 Å². The minimum absolute atomic E-state index is 0.0289. The van der Waals surface area contributed by atoms with Gasteiger partial charge in [0.25, 0.3) is 5.91 Å². The number of nitrogens with one attached hydrogen (secondary N) is 1. The number of anilines is 1. The molecule has 8 nitrogen and oxygen atoms in total. The molecule has 0 aliphatic carbocycles. The van der Waals surface area contributed by atoms with Crippen molar-refractivity contribution in [3.8, 4) is 0 Å². The normalized spacial score (nSPS) is 18.6. The van der Waals surface area contributed by atoms with Crippen molar-refractivity contribution >= 4 is 17.7 Å². The largest absolute Gasteiger partial charge is 0.481 e. The van der Waals surface area contributed by atoms with Gasteiger partial charge in [-0.25, -0.2) is 0 Å². The molecule has 0 radical (unpaired) electrons. The Morgan fingerprint density at radius 2 is 2.30 bits per heavy atom. The van der Waals surface area contributed by atoms with E-state index in [1.54, 1.807) is 12.1 Å². The van der Waals surface area contributed by atoms with Crippen molar-refractivity contribution in [2.75, 3.05) is 31.7 Å². The zero-order valence-electron chi connectivity index (χ0n) is 11.1. The number of hydrogen-bond donors (Lipinski definition) is 2. The predicted octanol–water partition coefficient (Wildman–Crippen LogP) is -0.484. The van der Waals surface area contributed by atoms with E-state index in [0.29, 0.717) is 25.6 Å². The Balaban J connectivity index is 2.15. The van der Waals surface area contributed by atoms with Gasteiger partial charge in [0.1, 0.15) is 0 Å². The van der Waals surface area contributed by atoms with Crippen molar-refractivity contribution in [3.63, 3.8) is 0 Å². The molecule has 1 aliphatic rings. The van der Waals surface area contributed by atoms with Crippen LogP contribution in [0.15, 0.2) is 12.1 Å². The first-order valence-electron chi connectivity index (χ1n) is 6.24. The fourth-order valence-electron chi connectivity index (χ4n) is 2.05. The van der Waals surface area contributed by atoms with Gasteiger partial charge in [0.15, 0.2) is 11.5 Å². The molecule has 1 aromatic heterocycles. The number of carboxylic acids is 1. The third-order valence-electron chi connectivity index (χ3n) is 3.04. The number of morpholine rings is 1. The molecule has 8 heteroatoms. The number of aromatic nitrogens is 2. The first-order chi connectivity index (χ1) is 9.61. The molecular weight excluding hydrogens is 264 g/mol. The lowest BCUT2D eigenvalue weighted by atomic mass is 10.1. The van der Waals surface area contributed by atoms with E-state index < -0.39 is 5.97 Å². The standard InChI is InChI=1S/C12H16N4O4/c1-13-12(19)9-2-3-10(15-14-9)16-4-5-20-7-8(16)6-11(17)18/h2-3,8H,4-7H2,1H3,(H,13,19)(H,17,18). The Morgan fingerprint density at radius 3 is 2.90 bits per heavy atom. The summed E-state index contributed by atoms with van der Waals surface area (Å²) < 4.78 is 5.30. The van der Waals surface area contributed by atoms with Crippen LogP contribution < -0.4 is 10.2 Å². The molecule has 108 valence electrons. The lowest BCUT2D eigenvalue weighted by Gasteiger charge is -2.35. The van der Waals surface area contributed by atoms with Gasteiger partial charge in [0, 0.05) is 13.6 Å². The molecule has 2 rings (SSSR count). The fraction of sp³-hybridized carbons (Fsp3) is 0.500. The summed E-state index contributed by atoms with van der Waals surface area (Å²) in [5, 5.41) is 19.2. The van der Waals surface area contributed by atoms with Crippen LogP contribution in [0.5, 0.6) is 0 Å². The number of hydrogen-bond acceptors (Lipinski definition) is 6. The minimum atomic E-state index is -0.888. The van der Waals surface area contributed by atoms with E-state index in [0.717, 1.165) is 0 Å². The van der Waals surface area contributed by atoms with E-state index in [4.69, 9.17) is 9.84 Å². The van der Waals surface area contributed by atoms with Crippen LogP contribution >= 0.6 is 0 Å². The Morgan fingerprint density at radius 1 is 1.50 bits per heavy atom. The van der Waals surface area contributed by atoms with E-state index in [9.17, 15) is 9.59 Å². The number of rotatable bonds is 4. The summed E-state index contributed by atoms with van der Waals surface area (Å²) in [6, 6.07) is 2.95. The van der Waals surface area contributed by atoms with Crippen LogP contribution in [0.25, 0.3) is 0 Å². The van der Waals surface area contributed by atoms with Crippen molar-refractivity contribution in [1.82, 2.24) is 15.5 Å².